The zero-order valence-electron chi connectivity index (χ0n) is 12.9. The molecule has 3 rings (SSSR count). The fourth-order valence-corrected chi connectivity index (χ4v) is 3.27. The van der Waals surface area contributed by atoms with Crippen molar-refractivity contribution in [2.24, 2.45) is 11.8 Å². The molecule has 0 aliphatic carbocycles. The van der Waals surface area contributed by atoms with Gasteiger partial charge < -0.3 is 19.5 Å². The summed E-state index contributed by atoms with van der Waals surface area (Å²) >= 11 is 0. The summed E-state index contributed by atoms with van der Waals surface area (Å²) in [5, 5.41) is 10.4. The number of ether oxygens (including phenoxy) is 2. The maximum Gasteiger partial charge on any atom is 0.231 e. The van der Waals surface area contributed by atoms with E-state index in [1.54, 1.807) is 0 Å². The Balaban J connectivity index is 1.56. The van der Waals surface area contributed by atoms with Crippen molar-refractivity contribution in [3.05, 3.63) is 23.8 Å². The molecule has 1 unspecified atom stereocenters. The Labute approximate surface area is 126 Å². The van der Waals surface area contributed by atoms with E-state index in [4.69, 9.17) is 9.47 Å². The van der Waals surface area contributed by atoms with Crippen molar-refractivity contribution in [2.75, 3.05) is 26.4 Å². The summed E-state index contributed by atoms with van der Waals surface area (Å²) in [6.07, 6.45) is 2.02. The van der Waals surface area contributed by atoms with Crippen molar-refractivity contribution in [1.82, 2.24) is 4.90 Å². The van der Waals surface area contributed by atoms with Crippen molar-refractivity contribution < 1.29 is 14.6 Å². The van der Waals surface area contributed by atoms with Crippen LogP contribution in [0.15, 0.2) is 18.2 Å². The molecule has 21 heavy (non-hydrogen) atoms. The summed E-state index contributed by atoms with van der Waals surface area (Å²) in [4.78, 5) is 2.37. The Morgan fingerprint density at radius 2 is 1.90 bits per heavy atom. The number of β-amino-alcohol motifs (C(OH)–C–C–N with tert-alkyl or cyclic N) is 1. The van der Waals surface area contributed by atoms with Crippen molar-refractivity contribution >= 4 is 0 Å². The highest BCUT2D eigenvalue weighted by Crippen LogP contribution is 2.34. The van der Waals surface area contributed by atoms with E-state index in [2.05, 4.69) is 18.7 Å². The summed E-state index contributed by atoms with van der Waals surface area (Å²) in [6, 6.07) is 5.71. The molecule has 0 aromatic heterocycles. The van der Waals surface area contributed by atoms with Crippen LogP contribution in [0.25, 0.3) is 0 Å². The number of fused-ring (bicyclic) bond motifs is 1. The Bertz CT molecular complexity index is 481. The van der Waals surface area contributed by atoms with E-state index in [1.807, 2.05) is 18.2 Å². The van der Waals surface area contributed by atoms with Crippen LogP contribution in [0.3, 0.4) is 0 Å². The Morgan fingerprint density at radius 3 is 2.62 bits per heavy atom. The zero-order chi connectivity index (χ0) is 14.8. The third kappa shape index (κ3) is 3.33. The first kappa shape index (κ1) is 14.7. The molecule has 0 spiro atoms. The molecule has 1 saturated heterocycles. The van der Waals surface area contributed by atoms with Gasteiger partial charge in [0, 0.05) is 6.54 Å². The summed E-state index contributed by atoms with van der Waals surface area (Å²) in [7, 11) is 0. The topological polar surface area (TPSA) is 41.9 Å². The van der Waals surface area contributed by atoms with Gasteiger partial charge in [-0.15, -0.1) is 0 Å². The van der Waals surface area contributed by atoms with Gasteiger partial charge in [-0.1, -0.05) is 19.9 Å². The van der Waals surface area contributed by atoms with Crippen LogP contribution in [0.5, 0.6) is 11.5 Å². The SMILES string of the molecule is CC(C)C1CCN(CC(O)c2ccc3c(c2)OCO3)CC1. The second-order valence-electron chi connectivity index (χ2n) is 6.51. The molecule has 0 amide bonds. The van der Waals surface area contributed by atoms with Crippen LogP contribution in [0.2, 0.25) is 0 Å². The minimum absolute atomic E-state index is 0.275. The molecule has 2 heterocycles. The second-order valence-corrected chi connectivity index (χ2v) is 6.51. The smallest absolute Gasteiger partial charge is 0.231 e. The number of hydrogen-bond acceptors (Lipinski definition) is 4. The van der Waals surface area contributed by atoms with E-state index in [1.165, 1.54) is 12.8 Å². The highest BCUT2D eigenvalue weighted by atomic mass is 16.7. The molecule has 2 aliphatic rings. The van der Waals surface area contributed by atoms with Crippen molar-refractivity contribution in [3.63, 3.8) is 0 Å². The molecule has 4 nitrogen and oxygen atoms in total. The van der Waals surface area contributed by atoms with Crippen LogP contribution < -0.4 is 9.47 Å². The van der Waals surface area contributed by atoms with E-state index in [0.29, 0.717) is 6.54 Å². The number of aliphatic hydroxyl groups is 1. The van der Waals surface area contributed by atoms with E-state index < -0.39 is 6.10 Å². The zero-order valence-corrected chi connectivity index (χ0v) is 12.9. The number of rotatable bonds is 4. The third-order valence-electron chi connectivity index (χ3n) is 4.79. The van der Waals surface area contributed by atoms with Crippen molar-refractivity contribution in [3.8, 4) is 11.5 Å². The van der Waals surface area contributed by atoms with Gasteiger partial charge in [0.15, 0.2) is 11.5 Å². The lowest BCUT2D eigenvalue weighted by atomic mass is 9.86. The maximum absolute atomic E-state index is 10.4. The second kappa shape index (κ2) is 6.24. The van der Waals surface area contributed by atoms with Crippen molar-refractivity contribution in [2.45, 2.75) is 32.8 Å². The summed E-state index contributed by atoms with van der Waals surface area (Å²) in [5.74, 6) is 3.11. The summed E-state index contributed by atoms with van der Waals surface area (Å²) < 4.78 is 10.7. The normalized spacial score (nSPS) is 21.0. The summed E-state index contributed by atoms with van der Waals surface area (Å²) in [6.45, 7) is 7.76. The first-order chi connectivity index (χ1) is 10.1. The van der Waals surface area contributed by atoms with Crippen molar-refractivity contribution in [1.29, 1.82) is 0 Å². The highest BCUT2D eigenvalue weighted by molar-refractivity contribution is 5.45. The lowest BCUT2D eigenvalue weighted by molar-refractivity contribution is 0.0817. The largest absolute Gasteiger partial charge is 0.454 e. The molecule has 1 aromatic rings. The Morgan fingerprint density at radius 1 is 1.19 bits per heavy atom. The minimum Gasteiger partial charge on any atom is -0.454 e. The monoisotopic (exact) mass is 291 g/mol. The molecule has 4 heteroatoms. The fourth-order valence-electron chi connectivity index (χ4n) is 3.27. The van der Waals surface area contributed by atoms with Crippen LogP contribution >= 0.6 is 0 Å². The molecule has 1 aromatic carbocycles. The van der Waals surface area contributed by atoms with Gasteiger partial charge in [-0.05, 0) is 55.5 Å². The van der Waals surface area contributed by atoms with Crippen LogP contribution in [-0.4, -0.2) is 36.4 Å². The van der Waals surface area contributed by atoms with Crippen LogP contribution in [0.1, 0.15) is 38.4 Å². The fraction of sp³-hybridized carbons (Fsp3) is 0.647. The maximum atomic E-state index is 10.4. The van der Waals surface area contributed by atoms with Gasteiger partial charge >= 0.3 is 0 Å². The van der Waals surface area contributed by atoms with Gasteiger partial charge in [0.05, 0.1) is 6.10 Å². The van der Waals surface area contributed by atoms with Crippen LogP contribution in [0, 0.1) is 11.8 Å². The first-order valence-corrected chi connectivity index (χ1v) is 7.93. The lowest BCUT2D eigenvalue weighted by Gasteiger charge is -2.34. The van der Waals surface area contributed by atoms with Gasteiger partial charge in [0.2, 0.25) is 6.79 Å². The third-order valence-corrected chi connectivity index (χ3v) is 4.79. The Hall–Kier alpha value is -1.26. The number of nitrogens with zero attached hydrogens (tertiary/aromatic N) is 1. The number of piperidine rings is 1. The molecule has 0 radical (unpaired) electrons. The molecule has 116 valence electrons. The molecular formula is C17H25NO3. The predicted molar refractivity (Wildman–Crippen MR) is 81.5 cm³/mol. The van der Waals surface area contributed by atoms with E-state index in [9.17, 15) is 5.11 Å². The van der Waals surface area contributed by atoms with E-state index in [-0.39, 0.29) is 6.79 Å². The average molecular weight is 291 g/mol. The number of hydrogen-bond donors (Lipinski definition) is 1. The van der Waals surface area contributed by atoms with E-state index in [0.717, 1.165) is 42.0 Å². The van der Waals surface area contributed by atoms with Crippen LogP contribution in [-0.2, 0) is 0 Å². The average Bonchev–Trinajstić information content (AvgIpc) is 2.95. The van der Waals surface area contributed by atoms with E-state index >= 15 is 0 Å². The summed E-state index contributed by atoms with van der Waals surface area (Å²) in [5.41, 5.74) is 0.908. The van der Waals surface area contributed by atoms with Gasteiger partial charge in [-0.2, -0.15) is 0 Å². The lowest BCUT2D eigenvalue weighted by Crippen LogP contribution is -2.37. The van der Waals surface area contributed by atoms with Gasteiger partial charge in [-0.25, -0.2) is 0 Å². The first-order valence-electron chi connectivity index (χ1n) is 7.93. The van der Waals surface area contributed by atoms with Gasteiger partial charge in [-0.3, -0.25) is 0 Å². The van der Waals surface area contributed by atoms with Crippen LogP contribution in [0.4, 0.5) is 0 Å². The number of benzene rings is 1. The molecule has 0 bridgehead atoms. The van der Waals surface area contributed by atoms with Gasteiger partial charge in [0.1, 0.15) is 0 Å². The molecule has 0 saturated carbocycles. The predicted octanol–water partition coefficient (Wildman–Crippen LogP) is 2.82. The molecule has 1 N–H and O–H groups in total. The highest BCUT2D eigenvalue weighted by Gasteiger charge is 2.24. The number of aliphatic hydroxyl groups excluding tert-OH is 1. The van der Waals surface area contributed by atoms with Gasteiger partial charge in [0.25, 0.3) is 0 Å². The molecular weight excluding hydrogens is 266 g/mol. The number of likely N-dealkylation sites (tertiary alicyclic amines) is 1. The molecule has 1 atom stereocenters. The molecule has 1 fully saturated rings. The minimum atomic E-state index is -0.463. The standard InChI is InChI=1S/C17H25NO3/c1-12(2)13-5-7-18(8-6-13)10-15(19)14-3-4-16-17(9-14)21-11-20-16/h3-4,9,12-13,15,19H,5-8,10-11H2,1-2H3. The molecule has 2 aliphatic heterocycles. The Kier molecular flexibility index (Phi) is 4.36. The quantitative estimate of drug-likeness (QED) is 0.926.